The summed E-state index contributed by atoms with van der Waals surface area (Å²) in [6.45, 7) is 2.40. The number of nitrogens with one attached hydrogen (secondary N) is 1. The van der Waals surface area contributed by atoms with E-state index in [2.05, 4.69) is 20.1 Å². The van der Waals surface area contributed by atoms with Crippen LogP contribution in [0.3, 0.4) is 0 Å². The molecule has 1 atom stereocenters. The number of rotatable bonds is 12. The van der Waals surface area contributed by atoms with E-state index in [1.807, 2.05) is 0 Å². The van der Waals surface area contributed by atoms with Gasteiger partial charge in [0.1, 0.15) is 24.9 Å². The number of methoxy groups -OCH3 is 1. The Labute approximate surface area is 212 Å². The van der Waals surface area contributed by atoms with Crippen LogP contribution in [0.15, 0.2) is 41.7 Å². The maximum Gasteiger partial charge on any atom is 0.347 e. The van der Waals surface area contributed by atoms with Gasteiger partial charge in [-0.25, -0.2) is 4.79 Å². The maximum absolute atomic E-state index is 13.2. The largest absolute Gasteiger partial charge is 0.491 e. The van der Waals surface area contributed by atoms with Crippen LogP contribution in [-0.4, -0.2) is 97.2 Å². The molecule has 1 aromatic carbocycles. The van der Waals surface area contributed by atoms with Crippen LogP contribution >= 0.6 is 0 Å². The molecular weight excluding hydrogens is 488 g/mol. The number of aromatic amines is 1. The molecule has 1 fully saturated rings. The second-order valence-electron chi connectivity index (χ2n) is 7.74. The number of amides is 1. The van der Waals surface area contributed by atoms with Crippen LogP contribution in [0.4, 0.5) is 0 Å². The zero-order chi connectivity index (χ0) is 26.6. The Bertz CT molecular complexity index is 1100. The summed E-state index contributed by atoms with van der Waals surface area (Å²) < 4.78 is 20.8. The number of H-pyrrole nitrogens is 1. The van der Waals surface area contributed by atoms with Crippen molar-refractivity contribution >= 4 is 29.3 Å². The summed E-state index contributed by atoms with van der Waals surface area (Å²) in [7, 11) is 1.22. The van der Waals surface area contributed by atoms with E-state index < -0.39 is 30.6 Å². The number of ketones is 1. The lowest BCUT2D eigenvalue weighted by atomic mass is 10.1. The van der Waals surface area contributed by atoms with Crippen molar-refractivity contribution in [3.63, 3.8) is 0 Å². The average Bonchev–Trinajstić information content (AvgIpc) is 3.45. The van der Waals surface area contributed by atoms with Crippen molar-refractivity contribution in [1.29, 1.82) is 0 Å². The fraction of sp³-hybridized carbons (Fsp3) is 0.417. The molecule has 37 heavy (non-hydrogen) atoms. The van der Waals surface area contributed by atoms with Gasteiger partial charge in [-0.15, -0.1) is 0 Å². The number of carbonyl (C=O) groups is 4. The van der Waals surface area contributed by atoms with E-state index in [4.69, 9.17) is 19.0 Å². The standard InChI is InChI=1S/C24H28N4O9/c1-3-34-22(31)15-37-27-23(19-8-9-25-26-19)24(32)28-10-11-35-18(13-28)14-36-17-6-4-16(5-7-17)20(29)12-21(30)33-2/h4-9,18H,3,10-15H2,1-2H3,(H,25,26). The lowest BCUT2D eigenvalue weighted by molar-refractivity contribution is -0.148. The number of aromatic nitrogens is 2. The molecule has 0 spiro atoms. The van der Waals surface area contributed by atoms with Gasteiger partial charge in [-0.3, -0.25) is 19.5 Å². The second kappa shape index (κ2) is 13.7. The van der Waals surface area contributed by atoms with Crippen LogP contribution in [-0.2, 0) is 33.4 Å². The molecule has 0 bridgehead atoms. The van der Waals surface area contributed by atoms with E-state index in [9.17, 15) is 19.2 Å². The monoisotopic (exact) mass is 516 g/mol. The number of esters is 2. The van der Waals surface area contributed by atoms with Crippen LogP contribution in [0.1, 0.15) is 29.4 Å². The summed E-state index contributed by atoms with van der Waals surface area (Å²) >= 11 is 0. The maximum atomic E-state index is 13.2. The minimum Gasteiger partial charge on any atom is -0.491 e. The van der Waals surface area contributed by atoms with Gasteiger partial charge in [0.2, 0.25) is 6.61 Å². The van der Waals surface area contributed by atoms with Gasteiger partial charge in [0, 0.05) is 18.3 Å². The van der Waals surface area contributed by atoms with Gasteiger partial charge in [-0.1, -0.05) is 5.16 Å². The van der Waals surface area contributed by atoms with Crippen LogP contribution in [0.2, 0.25) is 0 Å². The normalized spacial score (nSPS) is 15.6. The van der Waals surface area contributed by atoms with Crippen molar-refractivity contribution in [3.05, 3.63) is 47.8 Å². The van der Waals surface area contributed by atoms with Gasteiger partial charge in [0.25, 0.3) is 5.91 Å². The van der Waals surface area contributed by atoms with Crippen LogP contribution in [0, 0.1) is 0 Å². The molecule has 0 aliphatic carbocycles. The third kappa shape index (κ3) is 8.14. The van der Waals surface area contributed by atoms with Crippen molar-refractivity contribution in [2.75, 3.05) is 46.6 Å². The Morgan fingerprint density at radius 3 is 2.62 bits per heavy atom. The van der Waals surface area contributed by atoms with Gasteiger partial charge in [-0.05, 0) is 37.3 Å². The second-order valence-corrected chi connectivity index (χ2v) is 7.74. The fourth-order valence-corrected chi connectivity index (χ4v) is 3.33. The summed E-state index contributed by atoms with van der Waals surface area (Å²) in [5.74, 6) is -1.51. The molecular formula is C24H28N4O9. The number of ether oxygens (including phenoxy) is 4. The highest BCUT2D eigenvalue weighted by Gasteiger charge is 2.29. The zero-order valence-electron chi connectivity index (χ0n) is 20.5. The Kier molecular flexibility index (Phi) is 10.1. The summed E-state index contributed by atoms with van der Waals surface area (Å²) in [6.07, 6.45) is 0.698. The molecule has 1 aromatic heterocycles. The number of carbonyl (C=O) groups excluding carboxylic acids is 4. The van der Waals surface area contributed by atoms with E-state index in [-0.39, 0.29) is 44.3 Å². The molecule has 0 radical (unpaired) electrons. The van der Waals surface area contributed by atoms with Crippen molar-refractivity contribution in [1.82, 2.24) is 15.1 Å². The highest BCUT2D eigenvalue weighted by molar-refractivity contribution is 6.44. The number of morpholine rings is 1. The first-order chi connectivity index (χ1) is 17.9. The molecule has 1 aliphatic rings. The molecule has 2 heterocycles. The topological polar surface area (TPSA) is 159 Å². The average molecular weight is 517 g/mol. The van der Waals surface area contributed by atoms with E-state index >= 15 is 0 Å². The van der Waals surface area contributed by atoms with Crippen molar-refractivity contribution in [2.24, 2.45) is 5.16 Å². The lowest BCUT2D eigenvalue weighted by Crippen LogP contribution is -2.50. The number of hydrogen-bond donors (Lipinski definition) is 1. The molecule has 1 N–H and O–H groups in total. The molecule has 2 aromatic rings. The van der Waals surface area contributed by atoms with Crippen molar-refractivity contribution in [3.8, 4) is 5.75 Å². The number of nitrogens with zero attached hydrogens (tertiary/aromatic N) is 3. The van der Waals surface area contributed by atoms with Gasteiger partial charge >= 0.3 is 11.9 Å². The third-order valence-corrected chi connectivity index (χ3v) is 5.17. The molecule has 1 unspecified atom stereocenters. The fourth-order valence-electron chi connectivity index (χ4n) is 3.33. The molecule has 198 valence electrons. The van der Waals surface area contributed by atoms with E-state index in [1.165, 1.54) is 13.3 Å². The SMILES string of the molecule is CCOC(=O)CON=C(C(=O)N1CCOC(COc2ccc(C(=O)CC(=O)OC)cc2)C1)c1ccn[nH]1. The Balaban J connectivity index is 1.57. The molecule has 13 nitrogen and oxygen atoms in total. The summed E-state index contributed by atoms with van der Waals surface area (Å²) in [5.41, 5.74) is 0.643. The first-order valence-electron chi connectivity index (χ1n) is 11.5. The molecule has 1 saturated heterocycles. The van der Waals surface area contributed by atoms with Gasteiger partial charge in [-0.2, -0.15) is 5.10 Å². The summed E-state index contributed by atoms with van der Waals surface area (Å²) in [5, 5.41) is 10.4. The van der Waals surface area contributed by atoms with Crippen LogP contribution in [0.5, 0.6) is 5.75 Å². The molecule has 13 heteroatoms. The zero-order valence-corrected chi connectivity index (χ0v) is 20.5. The summed E-state index contributed by atoms with van der Waals surface area (Å²) in [6, 6.07) is 7.90. The Hall–Kier alpha value is -4.26. The number of hydrogen-bond acceptors (Lipinski definition) is 11. The van der Waals surface area contributed by atoms with E-state index in [1.54, 1.807) is 42.2 Å². The molecule has 3 rings (SSSR count). The minimum atomic E-state index is -0.606. The first-order valence-corrected chi connectivity index (χ1v) is 11.5. The Morgan fingerprint density at radius 2 is 1.95 bits per heavy atom. The predicted molar refractivity (Wildman–Crippen MR) is 127 cm³/mol. The third-order valence-electron chi connectivity index (χ3n) is 5.17. The van der Waals surface area contributed by atoms with Gasteiger partial charge in [0.15, 0.2) is 11.5 Å². The quantitative estimate of drug-likeness (QED) is 0.140. The van der Waals surface area contributed by atoms with Crippen molar-refractivity contribution < 1.29 is 43.0 Å². The smallest absolute Gasteiger partial charge is 0.347 e. The Morgan fingerprint density at radius 1 is 1.16 bits per heavy atom. The molecule has 0 saturated carbocycles. The molecule has 1 amide bonds. The molecule has 1 aliphatic heterocycles. The van der Waals surface area contributed by atoms with Gasteiger partial charge < -0.3 is 28.7 Å². The predicted octanol–water partition coefficient (Wildman–Crippen LogP) is 0.746. The van der Waals surface area contributed by atoms with E-state index in [0.29, 0.717) is 23.6 Å². The number of Topliss-reactive ketones (excluding diaryl/α,β-unsaturated/α-hetero) is 1. The summed E-state index contributed by atoms with van der Waals surface area (Å²) in [4.78, 5) is 54.6. The van der Waals surface area contributed by atoms with Crippen LogP contribution in [0.25, 0.3) is 0 Å². The van der Waals surface area contributed by atoms with Crippen LogP contribution < -0.4 is 4.74 Å². The number of benzene rings is 1. The first kappa shape index (κ1) is 27.3. The highest BCUT2D eigenvalue weighted by Crippen LogP contribution is 2.16. The highest BCUT2D eigenvalue weighted by atomic mass is 16.7. The van der Waals surface area contributed by atoms with Gasteiger partial charge in [0.05, 0.1) is 32.6 Å². The minimum absolute atomic E-state index is 0.0458. The van der Waals surface area contributed by atoms with Crippen molar-refractivity contribution in [2.45, 2.75) is 19.4 Å². The lowest BCUT2D eigenvalue weighted by Gasteiger charge is -2.32. The van der Waals surface area contributed by atoms with E-state index in [0.717, 1.165) is 0 Å². The number of oxime groups is 1.